The van der Waals surface area contributed by atoms with Crippen molar-refractivity contribution in [2.75, 3.05) is 11.9 Å². The Morgan fingerprint density at radius 1 is 1.33 bits per heavy atom. The first-order chi connectivity index (χ1) is 14.2. The highest BCUT2D eigenvalue weighted by Gasteiger charge is 2.34. The summed E-state index contributed by atoms with van der Waals surface area (Å²) < 4.78 is 5.29. The fraction of sp³-hybridized carbons (Fsp3) is 0.417. The Hall–Kier alpha value is -2.11. The highest BCUT2D eigenvalue weighted by molar-refractivity contribution is 7.17. The summed E-state index contributed by atoms with van der Waals surface area (Å²) in [4.78, 5) is 26.4. The van der Waals surface area contributed by atoms with E-state index in [0.29, 0.717) is 28.1 Å². The van der Waals surface area contributed by atoms with Crippen LogP contribution in [0, 0.1) is 11.3 Å². The normalized spacial score (nSPS) is 16.4. The average Bonchev–Trinajstić information content (AvgIpc) is 3.03. The summed E-state index contributed by atoms with van der Waals surface area (Å²) in [5.41, 5.74) is 2.60. The topological polar surface area (TPSA) is 55.4 Å². The van der Waals surface area contributed by atoms with Crippen LogP contribution in [0.2, 0.25) is 5.02 Å². The number of carbonyl (C=O) groups excluding carboxylic acids is 2. The van der Waals surface area contributed by atoms with E-state index in [1.807, 2.05) is 12.1 Å². The molecule has 160 valence electrons. The second-order valence-electron chi connectivity index (χ2n) is 8.61. The third kappa shape index (κ3) is 5.32. The number of anilines is 1. The summed E-state index contributed by atoms with van der Waals surface area (Å²) in [6.07, 6.45) is 5.94. The van der Waals surface area contributed by atoms with Gasteiger partial charge in [-0.15, -0.1) is 11.3 Å². The Kier molecular flexibility index (Phi) is 7.04. The van der Waals surface area contributed by atoms with Gasteiger partial charge in [0.25, 0.3) is 0 Å². The number of esters is 1. The molecule has 0 spiro atoms. The maximum Gasteiger partial charge on any atom is 0.341 e. The fourth-order valence-electron chi connectivity index (χ4n) is 3.77. The third-order valence-corrected chi connectivity index (χ3v) is 6.89. The minimum absolute atomic E-state index is 0.203. The second-order valence-corrected chi connectivity index (χ2v) is 10.2. The molecule has 1 aromatic heterocycles. The molecule has 1 aliphatic rings. The van der Waals surface area contributed by atoms with Crippen molar-refractivity contribution in [2.24, 2.45) is 11.3 Å². The molecule has 1 N–H and O–H groups in total. The maximum atomic E-state index is 12.7. The second kappa shape index (κ2) is 9.36. The summed E-state index contributed by atoms with van der Waals surface area (Å²) in [6.45, 7) is 8.86. The molecule has 6 heteroatoms. The molecule has 0 saturated heterocycles. The minimum atomic E-state index is -0.363. The number of hydrogen-bond acceptors (Lipinski definition) is 4. The molecule has 0 aliphatic heterocycles. The number of halogens is 1. The van der Waals surface area contributed by atoms with Gasteiger partial charge in [-0.1, -0.05) is 44.5 Å². The van der Waals surface area contributed by atoms with Crippen molar-refractivity contribution in [3.63, 3.8) is 0 Å². The third-order valence-electron chi connectivity index (χ3n) is 5.48. The van der Waals surface area contributed by atoms with Crippen molar-refractivity contribution >= 4 is 45.9 Å². The lowest BCUT2D eigenvalue weighted by atomic mass is 9.72. The highest BCUT2D eigenvalue weighted by atomic mass is 35.5. The van der Waals surface area contributed by atoms with E-state index in [2.05, 4.69) is 26.1 Å². The standard InChI is InChI=1S/C24H28ClNO3S/c1-5-29-23(28)21-18-11-10-16(24(2,3)4)14-19(18)30-22(21)26-20(27)12-9-15-7-6-8-17(25)13-15/h6-9,12-13,16H,5,10-11,14H2,1-4H3,(H,26,27). The van der Waals surface area contributed by atoms with Gasteiger partial charge >= 0.3 is 5.97 Å². The van der Waals surface area contributed by atoms with Crippen molar-refractivity contribution in [3.8, 4) is 0 Å². The Morgan fingerprint density at radius 3 is 2.77 bits per heavy atom. The number of nitrogens with one attached hydrogen (secondary N) is 1. The van der Waals surface area contributed by atoms with Gasteiger partial charge in [0.1, 0.15) is 5.00 Å². The highest BCUT2D eigenvalue weighted by Crippen LogP contribution is 2.44. The van der Waals surface area contributed by atoms with Gasteiger partial charge in [-0.3, -0.25) is 4.79 Å². The number of thiophene rings is 1. The lowest BCUT2D eigenvalue weighted by Crippen LogP contribution is -2.26. The van der Waals surface area contributed by atoms with Gasteiger partial charge in [0.05, 0.1) is 12.2 Å². The smallest absolute Gasteiger partial charge is 0.341 e. The number of fused-ring (bicyclic) bond motifs is 1. The number of carbonyl (C=O) groups is 2. The van der Waals surface area contributed by atoms with Gasteiger partial charge in [0, 0.05) is 16.0 Å². The van der Waals surface area contributed by atoms with Gasteiger partial charge in [-0.25, -0.2) is 4.79 Å². The van der Waals surface area contributed by atoms with E-state index in [4.69, 9.17) is 16.3 Å². The summed E-state index contributed by atoms with van der Waals surface area (Å²) >= 11 is 7.49. The largest absolute Gasteiger partial charge is 0.462 e. The first-order valence-corrected chi connectivity index (χ1v) is 11.4. The molecule has 2 aromatic rings. The molecule has 4 nitrogen and oxygen atoms in total. The van der Waals surface area contributed by atoms with E-state index in [0.717, 1.165) is 30.4 Å². The van der Waals surface area contributed by atoms with Crippen molar-refractivity contribution in [1.82, 2.24) is 0 Å². The lowest BCUT2D eigenvalue weighted by Gasteiger charge is -2.33. The predicted molar refractivity (Wildman–Crippen MR) is 124 cm³/mol. The number of rotatable bonds is 5. The van der Waals surface area contributed by atoms with Crippen LogP contribution in [0.5, 0.6) is 0 Å². The molecule has 30 heavy (non-hydrogen) atoms. The molecule has 1 aliphatic carbocycles. The molecule has 0 fully saturated rings. The molecule has 1 unspecified atom stereocenters. The lowest BCUT2D eigenvalue weighted by molar-refractivity contribution is -0.111. The summed E-state index contributed by atoms with van der Waals surface area (Å²) in [7, 11) is 0. The average molecular weight is 446 g/mol. The van der Waals surface area contributed by atoms with Gasteiger partial charge < -0.3 is 10.1 Å². The first-order valence-electron chi connectivity index (χ1n) is 10.2. The minimum Gasteiger partial charge on any atom is -0.462 e. The van der Waals surface area contributed by atoms with Crippen LogP contribution in [-0.2, 0) is 22.4 Å². The van der Waals surface area contributed by atoms with Gasteiger partial charge in [0.2, 0.25) is 5.91 Å². The zero-order chi connectivity index (χ0) is 21.9. The first kappa shape index (κ1) is 22.6. The number of amides is 1. The SMILES string of the molecule is CCOC(=O)c1c(NC(=O)C=Cc2cccc(Cl)c2)sc2c1CCC(C(C)(C)C)C2. The molecule has 0 radical (unpaired) electrons. The van der Waals surface area contributed by atoms with Crippen LogP contribution in [0.3, 0.4) is 0 Å². The quantitative estimate of drug-likeness (QED) is 0.429. The molecule has 0 saturated carbocycles. The van der Waals surface area contributed by atoms with Crippen molar-refractivity contribution < 1.29 is 14.3 Å². The number of hydrogen-bond donors (Lipinski definition) is 1. The van der Waals surface area contributed by atoms with Gasteiger partial charge in [0.15, 0.2) is 0 Å². The number of benzene rings is 1. The molecule has 1 atom stereocenters. The molecule has 1 heterocycles. The van der Waals surface area contributed by atoms with Crippen LogP contribution in [0.4, 0.5) is 5.00 Å². The Morgan fingerprint density at radius 2 is 2.10 bits per heavy atom. The van der Waals surface area contributed by atoms with Gasteiger partial charge in [-0.2, -0.15) is 0 Å². The van der Waals surface area contributed by atoms with Crippen LogP contribution in [-0.4, -0.2) is 18.5 Å². The van der Waals surface area contributed by atoms with Crippen LogP contribution >= 0.6 is 22.9 Å². The van der Waals surface area contributed by atoms with Crippen LogP contribution in [0.25, 0.3) is 6.08 Å². The summed E-state index contributed by atoms with van der Waals surface area (Å²) in [5, 5.41) is 4.09. The van der Waals surface area contributed by atoms with Gasteiger partial charge in [-0.05, 0) is 66.9 Å². The molecule has 0 bridgehead atoms. The van der Waals surface area contributed by atoms with E-state index in [1.165, 1.54) is 22.3 Å². The van der Waals surface area contributed by atoms with E-state index >= 15 is 0 Å². The molecule has 3 rings (SSSR count). The number of ether oxygens (including phenoxy) is 1. The van der Waals surface area contributed by atoms with E-state index in [-0.39, 0.29) is 17.3 Å². The maximum absolute atomic E-state index is 12.7. The van der Waals surface area contributed by atoms with Crippen molar-refractivity contribution in [1.29, 1.82) is 0 Å². The monoisotopic (exact) mass is 445 g/mol. The Bertz CT molecular complexity index is 971. The van der Waals surface area contributed by atoms with E-state index in [1.54, 1.807) is 25.1 Å². The Balaban J connectivity index is 1.85. The summed E-state index contributed by atoms with van der Waals surface area (Å²) in [5.74, 6) is -0.102. The molecule has 1 amide bonds. The van der Waals surface area contributed by atoms with Crippen LogP contribution in [0.15, 0.2) is 30.3 Å². The zero-order valence-corrected chi connectivity index (χ0v) is 19.5. The molecular formula is C24H28ClNO3S. The van der Waals surface area contributed by atoms with E-state index < -0.39 is 0 Å². The fourth-order valence-corrected chi connectivity index (χ4v) is 5.29. The zero-order valence-electron chi connectivity index (χ0n) is 17.9. The Labute approximate surface area is 187 Å². The van der Waals surface area contributed by atoms with Crippen molar-refractivity contribution in [2.45, 2.75) is 47.0 Å². The molecular weight excluding hydrogens is 418 g/mol. The van der Waals surface area contributed by atoms with E-state index in [9.17, 15) is 9.59 Å². The summed E-state index contributed by atoms with van der Waals surface area (Å²) in [6, 6.07) is 7.27. The molecule has 1 aromatic carbocycles. The predicted octanol–water partition coefficient (Wildman–Crippen LogP) is 6.38. The van der Waals surface area contributed by atoms with Crippen LogP contribution in [0.1, 0.15) is 60.5 Å². The van der Waals surface area contributed by atoms with Crippen molar-refractivity contribution in [3.05, 3.63) is 56.9 Å². The van der Waals surface area contributed by atoms with Crippen LogP contribution < -0.4 is 5.32 Å².